The molecule has 0 saturated carbocycles. The van der Waals surface area contributed by atoms with Crippen molar-refractivity contribution in [2.75, 3.05) is 0 Å². The maximum absolute atomic E-state index is 8.83. The van der Waals surface area contributed by atoms with Crippen LogP contribution in [0.5, 0.6) is 0 Å². The van der Waals surface area contributed by atoms with E-state index in [2.05, 4.69) is 10.6 Å². The molecular formula is C10H16N4. The van der Waals surface area contributed by atoms with Crippen LogP contribution in [0.25, 0.3) is 0 Å². The second kappa shape index (κ2) is 5.88. The molecule has 2 N–H and O–H groups in total. The average molecular weight is 192 g/mol. The summed E-state index contributed by atoms with van der Waals surface area (Å²) in [4.78, 5) is 0. The van der Waals surface area contributed by atoms with Gasteiger partial charge in [0.05, 0.1) is 0 Å². The standard InChI is InChI=1S/C10H16N4/c1-7(2)13-9(5-11)10(6-12)14-8(3)4/h7-8,13-14H,1-4H3/b10-9-. The van der Waals surface area contributed by atoms with E-state index in [-0.39, 0.29) is 12.1 Å². The highest BCUT2D eigenvalue weighted by Gasteiger charge is 2.07. The number of nitriles is 2. The smallest absolute Gasteiger partial charge is 0.148 e. The van der Waals surface area contributed by atoms with Gasteiger partial charge >= 0.3 is 0 Å². The minimum absolute atomic E-state index is 0.141. The van der Waals surface area contributed by atoms with Crippen molar-refractivity contribution in [3.8, 4) is 12.1 Å². The zero-order chi connectivity index (χ0) is 11.1. The average Bonchev–Trinajstić information content (AvgIpc) is 2.10. The summed E-state index contributed by atoms with van der Waals surface area (Å²) in [7, 11) is 0. The molecular weight excluding hydrogens is 176 g/mol. The Morgan fingerprint density at radius 1 is 0.857 bits per heavy atom. The Hall–Kier alpha value is -1.68. The third-order valence-electron chi connectivity index (χ3n) is 1.34. The number of allylic oxidation sites excluding steroid dienone is 2. The normalized spacial score (nSPS) is 11.7. The molecule has 0 aromatic heterocycles. The molecule has 0 saturated heterocycles. The molecule has 0 aliphatic carbocycles. The molecule has 0 bridgehead atoms. The van der Waals surface area contributed by atoms with E-state index in [4.69, 9.17) is 10.5 Å². The Bertz CT molecular complexity index is 258. The largest absolute Gasteiger partial charge is 0.372 e. The zero-order valence-electron chi connectivity index (χ0n) is 9.05. The minimum atomic E-state index is 0.141. The fraction of sp³-hybridized carbons (Fsp3) is 0.600. The van der Waals surface area contributed by atoms with Gasteiger partial charge in [-0.15, -0.1) is 0 Å². The van der Waals surface area contributed by atoms with Crippen LogP contribution in [-0.4, -0.2) is 12.1 Å². The maximum atomic E-state index is 8.83. The summed E-state index contributed by atoms with van der Waals surface area (Å²) in [5.74, 6) is 0. The molecule has 14 heavy (non-hydrogen) atoms. The predicted molar refractivity (Wildman–Crippen MR) is 54.8 cm³/mol. The van der Waals surface area contributed by atoms with Gasteiger partial charge in [-0.2, -0.15) is 10.5 Å². The van der Waals surface area contributed by atoms with Crippen molar-refractivity contribution in [3.05, 3.63) is 11.4 Å². The lowest BCUT2D eigenvalue weighted by Crippen LogP contribution is -2.29. The summed E-state index contributed by atoms with van der Waals surface area (Å²) in [6, 6.07) is 4.23. The first kappa shape index (κ1) is 12.3. The summed E-state index contributed by atoms with van der Waals surface area (Å²) in [6.07, 6.45) is 0. The van der Waals surface area contributed by atoms with Gasteiger partial charge in [-0.05, 0) is 27.7 Å². The summed E-state index contributed by atoms with van der Waals surface area (Å²) in [6.45, 7) is 7.67. The lowest BCUT2D eigenvalue weighted by Gasteiger charge is -2.13. The Morgan fingerprint density at radius 2 is 1.14 bits per heavy atom. The molecule has 4 heteroatoms. The molecule has 0 fully saturated rings. The molecule has 0 atom stereocenters. The molecule has 0 aromatic carbocycles. The van der Waals surface area contributed by atoms with Crippen LogP contribution in [0.15, 0.2) is 11.4 Å². The third kappa shape index (κ3) is 4.37. The van der Waals surface area contributed by atoms with Gasteiger partial charge < -0.3 is 10.6 Å². The van der Waals surface area contributed by atoms with Gasteiger partial charge in [0.25, 0.3) is 0 Å². The molecule has 0 spiro atoms. The van der Waals surface area contributed by atoms with Crippen molar-refractivity contribution in [2.45, 2.75) is 39.8 Å². The van der Waals surface area contributed by atoms with Gasteiger partial charge in [0.2, 0.25) is 0 Å². The van der Waals surface area contributed by atoms with Crippen LogP contribution in [0.1, 0.15) is 27.7 Å². The Morgan fingerprint density at radius 3 is 1.29 bits per heavy atom. The second-order valence-electron chi connectivity index (χ2n) is 3.57. The van der Waals surface area contributed by atoms with Crippen molar-refractivity contribution in [3.63, 3.8) is 0 Å². The van der Waals surface area contributed by atoms with Gasteiger partial charge in [-0.25, -0.2) is 0 Å². The first-order valence-corrected chi connectivity index (χ1v) is 4.58. The highest BCUT2D eigenvalue weighted by Crippen LogP contribution is 1.99. The monoisotopic (exact) mass is 192 g/mol. The first-order chi connectivity index (χ1) is 6.51. The molecule has 4 nitrogen and oxygen atoms in total. The van der Waals surface area contributed by atoms with E-state index in [1.54, 1.807) is 0 Å². The Kier molecular flexibility index (Phi) is 5.17. The van der Waals surface area contributed by atoms with E-state index in [1.165, 1.54) is 0 Å². The molecule has 76 valence electrons. The van der Waals surface area contributed by atoms with Crippen LogP contribution in [0.3, 0.4) is 0 Å². The predicted octanol–water partition coefficient (Wildman–Crippen LogP) is 1.24. The second-order valence-corrected chi connectivity index (χ2v) is 3.57. The summed E-state index contributed by atoms with van der Waals surface area (Å²) >= 11 is 0. The molecule has 0 aliphatic rings. The van der Waals surface area contributed by atoms with Crippen LogP contribution in [0, 0.1) is 22.7 Å². The topological polar surface area (TPSA) is 71.6 Å². The summed E-state index contributed by atoms with van der Waals surface area (Å²) in [5.41, 5.74) is 0.604. The number of rotatable bonds is 4. The van der Waals surface area contributed by atoms with Crippen LogP contribution >= 0.6 is 0 Å². The number of hydrogen-bond donors (Lipinski definition) is 2. The van der Waals surface area contributed by atoms with Gasteiger partial charge in [0, 0.05) is 12.1 Å². The van der Waals surface area contributed by atoms with Crippen molar-refractivity contribution >= 4 is 0 Å². The number of nitrogens with one attached hydrogen (secondary N) is 2. The molecule has 0 rings (SSSR count). The van der Waals surface area contributed by atoms with Gasteiger partial charge in [-0.3, -0.25) is 0 Å². The van der Waals surface area contributed by atoms with Crippen LogP contribution in [0.4, 0.5) is 0 Å². The highest BCUT2D eigenvalue weighted by atomic mass is 15.0. The van der Waals surface area contributed by atoms with Gasteiger partial charge in [0.15, 0.2) is 0 Å². The fourth-order valence-electron chi connectivity index (χ4n) is 0.898. The van der Waals surface area contributed by atoms with Gasteiger partial charge in [0.1, 0.15) is 23.5 Å². The van der Waals surface area contributed by atoms with E-state index >= 15 is 0 Å². The number of nitrogens with zero attached hydrogens (tertiary/aromatic N) is 2. The third-order valence-corrected chi connectivity index (χ3v) is 1.34. The minimum Gasteiger partial charge on any atom is -0.372 e. The molecule has 0 unspecified atom stereocenters. The lowest BCUT2D eigenvalue weighted by molar-refractivity contribution is 0.642. The highest BCUT2D eigenvalue weighted by molar-refractivity contribution is 5.34. The quantitative estimate of drug-likeness (QED) is 0.657. The van der Waals surface area contributed by atoms with E-state index in [1.807, 2.05) is 39.8 Å². The Labute approximate surface area is 85.2 Å². The number of hydrogen-bond acceptors (Lipinski definition) is 4. The van der Waals surface area contributed by atoms with Crippen molar-refractivity contribution < 1.29 is 0 Å². The lowest BCUT2D eigenvalue weighted by atomic mass is 10.2. The fourth-order valence-corrected chi connectivity index (χ4v) is 0.898. The molecule has 0 aliphatic heterocycles. The first-order valence-electron chi connectivity index (χ1n) is 4.58. The van der Waals surface area contributed by atoms with Crippen LogP contribution < -0.4 is 10.6 Å². The van der Waals surface area contributed by atoms with E-state index in [0.29, 0.717) is 11.4 Å². The molecule has 0 radical (unpaired) electrons. The SMILES string of the molecule is CC(C)N/C(C#N)=C(/C#N)NC(C)C. The zero-order valence-corrected chi connectivity index (χ0v) is 9.05. The van der Waals surface area contributed by atoms with Crippen molar-refractivity contribution in [1.82, 2.24) is 10.6 Å². The van der Waals surface area contributed by atoms with Gasteiger partial charge in [-0.1, -0.05) is 0 Å². The molecule has 0 amide bonds. The van der Waals surface area contributed by atoms with Crippen LogP contribution in [0.2, 0.25) is 0 Å². The van der Waals surface area contributed by atoms with E-state index < -0.39 is 0 Å². The summed E-state index contributed by atoms with van der Waals surface area (Å²) < 4.78 is 0. The molecule has 0 heterocycles. The van der Waals surface area contributed by atoms with Crippen molar-refractivity contribution in [1.29, 1.82) is 10.5 Å². The van der Waals surface area contributed by atoms with E-state index in [0.717, 1.165) is 0 Å². The molecule has 0 aromatic rings. The Balaban J connectivity index is 4.78. The van der Waals surface area contributed by atoms with Crippen LogP contribution in [-0.2, 0) is 0 Å². The summed E-state index contributed by atoms with van der Waals surface area (Å²) in [5, 5.41) is 23.5. The maximum Gasteiger partial charge on any atom is 0.148 e. The van der Waals surface area contributed by atoms with Crippen molar-refractivity contribution in [2.24, 2.45) is 0 Å². The van der Waals surface area contributed by atoms with E-state index in [9.17, 15) is 0 Å².